The van der Waals surface area contributed by atoms with E-state index in [1.807, 2.05) is 0 Å². The molecule has 10 heteroatoms. The number of rotatable bonds is 7. The van der Waals surface area contributed by atoms with Crippen LogP contribution in [0.3, 0.4) is 0 Å². The van der Waals surface area contributed by atoms with E-state index in [4.69, 9.17) is 25.8 Å². The number of hydrazone groups is 1. The number of amides is 2. The smallest absolute Gasteiger partial charge is 0.343 e. The number of para-hydroxylation sites is 1. The average Bonchev–Trinajstić information content (AvgIpc) is 3.42. The number of hydrogen-bond acceptors (Lipinski definition) is 7. The number of halogens is 1. The number of esters is 1. The second kappa shape index (κ2) is 11.5. The summed E-state index contributed by atoms with van der Waals surface area (Å²) in [4.78, 5) is 37.9. The maximum atomic E-state index is 12.7. The van der Waals surface area contributed by atoms with Gasteiger partial charge >= 0.3 is 5.97 Å². The second-order valence-corrected chi connectivity index (χ2v) is 8.62. The summed E-state index contributed by atoms with van der Waals surface area (Å²) in [5, 5.41) is 7.04. The summed E-state index contributed by atoms with van der Waals surface area (Å²) in [5.41, 5.74) is 4.19. The van der Waals surface area contributed by atoms with Crippen molar-refractivity contribution < 1.29 is 28.6 Å². The van der Waals surface area contributed by atoms with Crippen LogP contribution in [0.2, 0.25) is 5.02 Å². The Kier molecular flexibility index (Phi) is 7.51. The lowest BCUT2D eigenvalue weighted by molar-refractivity contribution is 0.0733. The zero-order valence-electron chi connectivity index (χ0n) is 20.2. The molecule has 4 aromatic carbocycles. The summed E-state index contributed by atoms with van der Waals surface area (Å²) in [7, 11) is 0. The van der Waals surface area contributed by atoms with Crippen LogP contribution in [0.15, 0.2) is 96.1 Å². The standard InChI is InChI=1S/C29H20ClN3O6/c30-23-10-3-2-9-22(23)28(35)32-21-8-5-7-18(14-21)27(34)33-31-16-20-6-1-4-11-24(20)39-29(36)19-12-13-25-26(15-19)38-17-37-25/h1-16H,17H2,(H,32,35)(H,33,34). The first-order valence-electron chi connectivity index (χ1n) is 11.7. The summed E-state index contributed by atoms with van der Waals surface area (Å²) in [6.45, 7) is 0.0976. The third kappa shape index (κ3) is 6.06. The fraction of sp³-hybridized carbons (Fsp3) is 0.0345. The lowest BCUT2D eigenvalue weighted by atomic mass is 10.1. The quantitative estimate of drug-likeness (QED) is 0.142. The normalized spacial score (nSPS) is 11.7. The molecular formula is C29H20ClN3O6. The summed E-state index contributed by atoms with van der Waals surface area (Å²) in [6.07, 6.45) is 1.36. The second-order valence-electron chi connectivity index (χ2n) is 8.21. The van der Waals surface area contributed by atoms with Gasteiger partial charge < -0.3 is 19.5 Å². The molecule has 0 aliphatic carbocycles. The van der Waals surface area contributed by atoms with Crippen LogP contribution in [-0.2, 0) is 0 Å². The number of carbonyl (C=O) groups is 3. The molecule has 2 amide bonds. The number of benzene rings is 4. The van der Waals surface area contributed by atoms with Crippen molar-refractivity contribution in [2.24, 2.45) is 5.10 Å². The molecular weight excluding hydrogens is 522 g/mol. The van der Waals surface area contributed by atoms with E-state index in [1.165, 1.54) is 12.3 Å². The molecule has 39 heavy (non-hydrogen) atoms. The van der Waals surface area contributed by atoms with Crippen molar-refractivity contribution in [3.05, 3.63) is 118 Å². The van der Waals surface area contributed by atoms with Crippen LogP contribution in [0.25, 0.3) is 0 Å². The Balaban J connectivity index is 1.23. The Morgan fingerprint density at radius 3 is 2.49 bits per heavy atom. The van der Waals surface area contributed by atoms with Gasteiger partial charge in [-0.3, -0.25) is 9.59 Å². The van der Waals surface area contributed by atoms with Crippen molar-refractivity contribution in [1.82, 2.24) is 5.43 Å². The summed E-state index contributed by atoms with van der Waals surface area (Å²) in [5.74, 6) is -0.216. The van der Waals surface area contributed by atoms with Gasteiger partial charge in [0.15, 0.2) is 11.5 Å². The van der Waals surface area contributed by atoms with Gasteiger partial charge in [-0.15, -0.1) is 0 Å². The third-order valence-corrected chi connectivity index (χ3v) is 5.93. The molecule has 0 fully saturated rings. The highest BCUT2D eigenvalue weighted by molar-refractivity contribution is 6.34. The zero-order valence-corrected chi connectivity index (χ0v) is 21.0. The molecule has 0 saturated heterocycles. The minimum Gasteiger partial charge on any atom is -0.454 e. The van der Waals surface area contributed by atoms with Crippen molar-refractivity contribution in [3.63, 3.8) is 0 Å². The van der Waals surface area contributed by atoms with Crippen LogP contribution in [-0.4, -0.2) is 30.8 Å². The molecule has 0 radical (unpaired) electrons. The van der Waals surface area contributed by atoms with Gasteiger partial charge in [-0.05, 0) is 60.7 Å². The lowest BCUT2D eigenvalue weighted by Gasteiger charge is -2.09. The monoisotopic (exact) mass is 541 g/mol. The van der Waals surface area contributed by atoms with Crippen LogP contribution in [0.4, 0.5) is 5.69 Å². The van der Waals surface area contributed by atoms with E-state index in [0.29, 0.717) is 38.9 Å². The predicted octanol–water partition coefficient (Wildman–Crippen LogP) is 5.30. The highest BCUT2D eigenvalue weighted by Gasteiger charge is 2.18. The summed E-state index contributed by atoms with van der Waals surface area (Å²) < 4.78 is 16.1. The zero-order chi connectivity index (χ0) is 27.2. The van der Waals surface area contributed by atoms with Crippen molar-refractivity contribution in [2.45, 2.75) is 0 Å². The number of nitrogens with zero attached hydrogens (tertiary/aromatic N) is 1. The number of nitrogens with one attached hydrogen (secondary N) is 2. The van der Waals surface area contributed by atoms with Gasteiger partial charge in [0.05, 0.1) is 22.4 Å². The molecule has 0 unspecified atom stereocenters. The molecule has 0 saturated carbocycles. The Bertz CT molecular complexity index is 1600. The molecule has 0 bridgehead atoms. The Hall–Kier alpha value is -5.15. The molecule has 0 spiro atoms. The lowest BCUT2D eigenvalue weighted by Crippen LogP contribution is -2.18. The van der Waals surface area contributed by atoms with Crippen LogP contribution >= 0.6 is 11.6 Å². The van der Waals surface area contributed by atoms with Gasteiger partial charge in [-0.1, -0.05) is 41.9 Å². The van der Waals surface area contributed by atoms with Crippen LogP contribution in [0.1, 0.15) is 36.6 Å². The van der Waals surface area contributed by atoms with Crippen LogP contribution in [0.5, 0.6) is 17.2 Å². The highest BCUT2D eigenvalue weighted by Crippen LogP contribution is 2.33. The van der Waals surface area contributed by atoms with Crippen LogP contribution < -0.4 is 25.0 Å². The predicted molar refractivity (Wildman–Crippen MR) is 145 cm³/mol. The van der Waals surface area contributed by atoms with E-state index in [1.54, 1.807) is 84.9 Å². The number of hydrogen-bond donors (Lipinski definition) is 2. The first-order chi connectivity index (χ1) is 19.0. The molecule has 194 valence electrons. The van der Waals surface area contributed by atoms with Crippen molar-refractivity contribution in [2.75, 3.05) is 12.1 Å². The van der Waals surface area contributed by atoms with Gasteiger partial charge in [0.2, 0.25) is 6.79 Å². The molecule has 4 aromatic rings. The van der Waals surface area contributed by atoms with E-state index >= 15 is 0 Å². The maximum Gasteiger partial charge on any atom is 0.343 e. The number of fused-ring (bicyclic) bond motifs is 1. The van der Waals surface area contributed by atoms with Gasteiger partial charge in [0.1, 0.15) is 5.75 Å². The van der Waals surface area contributed by atoms with E-state index in [-0.39, 0.29) is 18.1 Å². The Morgan fingerprint density at radius 1 is 0.821 bits per heavy atom. The molecule has 5 rings (SSSR count). The minimum absolute atomic E-state index is 0.0976. The summed E-state index contributed by atoms with van der Waals surface area (Å²) in [6, 6.07) is 24.6. The van der Waals surface area contributed by atoms with E-state index in [0.717, 1.165) is 0 Å². The minimum atomic E-state index is -0.589. The van der Waals surface area contributed by atoms with Crippen LogP contribution in [0, 0.1) is 0 Å². The number of anilines is 1. The summed E-state index contributed by atoms with van der Waals surface area (Å²) >= 11 is 6.09. The van der Waals surface area contributed by atoms with Gasteiger partial charge in [0, 0.05) is 16.8 Å². The topological polar surface area (TPSA) is 115 Å². The number of ether oxygens (including phenoxy) is 3. The number of carbonyl (C=O) groups excluding carboxylic acids is 3. The fourth-order valence-electron chi connectivity index (χ4n) is 3.67. The maximum absolute atomic E-state index is 12.7. The molecule has 9 nitrogen and oxygen atoms in total. The fourth-order valence-corrected chi connectivity index (χ4v) is 3.89. The Labute approximate surface area is 228 Å². The van der Waals surface area contributed by atoms with E-state index in [9.17, 15) is 14.4 Å². The van der Waals surface area contributed by atoms with Gasteiger partial charge in [-0.2, -0.15) is 5.10 Å². The SMILES string of the molecule is O=C(NN=Cc1ccccc1OC(=O)c1ccc2c(c1)OCO2)c1cccc(NC(=O)c2ccccc2Cl)c1. The molecule has 0 aromatic heterocycles. The van der Waals surface area contributed by atoms with Gasteiger partial charge in [0.25, 0.3) is 11.8 Å². The van der Waals surface area contributed by atoms with Crippen molar-refractivity contribution >= 4 is 41.3 Å². The van der Waals surface area contributed by atoms with Crippen molar-refractivity contribution in [1.29, 1.82) is 0 Å². The largest absolute Gasteiger partial charge is 0.454 e. The highest BCUT2D eigenvalue weighted by atomic mass is 35.5. The van der Waals surface area contributed by atoms with E-state index in [2.05, 4.69) is 15.8 Å². The molecule has 0 atom stereocenters. The molecule has 1 heterocycles. The van der Waals surface area contributed by atoms with Gasteiger partial charge in [-0.25, -0.2) is 10.2 Å². The Morgan fingerprint density at radius 2 is 1.62 bits per heavy atom. The molecule has 1 aliphatic heterocycles. The first kappa shape index (κ1) is 25.5. The molecule has 2 N–H and O–H groups in total. The average molecular weight is 542 g/mol. The van der Waals surface area contributed by atoms with E-state index < -0.39 is 17.8 Å². The molecule has 1 aliphatic rings. The first-order valence-corrected chi connectivity index (χ1v) is 12.1. The third-order valence-electron chi connectivity index (χ3n) is 5.60. The van der Waals surface area contributed by atoms with Crippen molar-refractivity contribution in [3.8, 4) is 17.2 Å².